The molecule has 0 bridgehead atoms. The predicted molar refractivity (Wildman–Crippen MR) is 99.9 cm³/mol. The van der Waals surface area contributed by atoms with Crippen LogP contribution in [0.2, 0.25) is 5.02 Å². The van der Waals surface area contributed by atoms with E-state index in [1.54, 1.807) is 12.1 Å². The van der Waals surface area contributed by atoms with Crippen LogP contribution in [0.15, 0.2) is 53.6 Å². The second-order valence-corrected chi connectivity index (χ2v) is 6.55. The van der Waals surface area contributed by atoms with E-state index < -0.39 is 0 Å². The molecule has 0 saturated heterocycles. The number of rotatable bonds is 5. The molecule has 0 radical (unpaired) electrons. The number of hydrogen-bond acceptors (Lipinski definition) is 5. The molecule has 1 amide bonds. The molecule has 3 aromatic rings. The summed E-state index contributed by atoms with van der Waals surface area (Å²) in [6, 6.07) is 15.1. The van der Waals surface area contributed by atoms with Crippen LogP contribution >= 0.6 is 22.9 Å². The van der Waals surface area contributed by atoms with Gasteiger partial charge in [0.2, 0.25) is 0 Å². The quantitative estimate of drug-likeness (QED) is 0.537. The molecule has 3 rings (SSSR count). The highest BCUT2D eigenvalue weighted by Gasteiger charge is 2.05. The van der Waals surface area contributed by atoms with E-state index in [9.17, 15) is 4.79 Å². The van der Waals surface area contributed by atoms with Gasteiger partial charge in [-0.05, 0) is 36.8 Å². The Labute approximate surface area is 148 Å². The van der Waals surface area contributed by atoms with Crippen molar-refractivity contribution in [2.75, 3.05) is 11.9 Å². The van der Waals surface area contributed by atoms with Crippen molar-refractivity contribution in [1.29, 1.82) is 0 Å². The van der Waals surface area contributed by atoms with Crippen LogP contribution in [-0.2, 0) is 4.79 Å². The first-order valence-electron chi connectivity index (χ1n) is 7.30. The number of hydrogen-bond donors (Lipinski definition) is 2. The van der Waals surface area contributed by atoms with Crippen molar-refractivity contribution in [2.45, 2.75) is 6.92 Å². The fourth-order valence-corrected chi connectivity index (χ4v) is 3.12. The Balaban J connectivity index is 1.56. The number of aromatic nitrogens is 1. The van der Waals surface area contributed by atoms with Gasteiger partial charge in [0.05, 0.1) is 22.5 Å². The maximum Gasteiger partial charge on any atom is 0.259 e. The molecule has 0 aliphatic heterocycles. The van der Waals surface area contributed by atoms with Crippen molar-refractivity contribution in [3.8, 4) is 0 Å². The van der Waals surface area contributed by atoms with E-state index in [0.717, 1.165) is 15.8 Å². The van der Waals surface area contributed by atoms with E-state index in [1.807, 2.05) is 43.3 Å². The Kier molecular flexibility index (Phi) is 5.08. The Morgan fingerprint density at radius 3 is 2.88 bits per heavy atom. The van der Waals surface area contributed by atoms with Crippen molar-refractivity contribution in [3.05, 3.63) is 59.1 Å². The van der Waals surface area contributed by atoms with Gasteiger partial charge in [0.1, 0.15) is 0 Å². The third-order valence-corrected chi connectivity index (χ3v) is 4.51. The van der Waals surface area contributed by atoms with Gasteiger partial charge in [-0.3, -0.25) is 4.79 Å². The number of amides is 1. The molecule has 24 heavy (non-hydrogen) atoms. The molecule has 0 aliphatic carbocycles. The molecule has 0 aliphatic rings. The van der Waals surface area contributed by atoms with Crippen molar-refractivity contribution in [2.24, 2.45) is 5.10 Å². The number of anilines is 1. The highest BCUT2D eigenvalue weighted by Crippen LogP contribution is 2.24. The third kappa shape index (κ3) is 4.10. The highest BCUT2D eigenvalue weighted by molar-refractivity contribution is 7.22. The number of hydrazone groups is 1. The number of para-hydroxylation sites is 1. The van der Waals surface area contributed by atoms with Gasteiger partial charge in [-0.2, -0.15) is 5.10 Å². The predicted octanol–water partition coefficient (Wildman–Crippen LogP) is 3.90. The fourth-order valence-electron chi connectivity index (χ4n) is 2.07. The molecule has 2 aromatic carbocycles. The number of benzene rings is 2. The summed E-state index contributed by atoms with van der Waals surface area (Å²) in [5.74, 6) is -0.240. The van der Waals surface area contributed by atoms with Crippen molar-refractivity contribution in [3.63, 3.8) is 0 Å². The Morgan fingerprint density at radius 1 is 1.25 bits per heavy atom. The fraction of sp³-hybridized carbons (Fsp3) is 0.118. The normalized spacial score (nSPS) is 11.5. The van der Waals surface area contributed by atoms with Crippen molar-refractivity contribution >= 4 is 49.9 Å². The average molecular weight is 359 g/mol. The van der Waals surface area contributed by atoms with Crippen molar-refractivity contribution in [1.82, 2.24) is 10.4 Å². The number of halogens is 1. The standard InChI is InChI=1S/C17H15ClN4OS/c1-11(12-5-4-6-13(18)9-12)21-22-16(23)10-19-17-20-14-7-2-3-8-15(14)24-17/h2-9H,10H2,1H3,(H,19,20)(H,22,23)/b21-11-. The van der Waals surface area contributed by atoms with Crippen LogP contribution in [0, 0.1) is 0 Å². The smallest absolute Gasteiger partial charge is 0.259 e. The number of thiazole rings is 1. The van der Waals surface area contributed by atoms with Crippen LogP contribution in [0.5, 0.6) is 0 Å². The summed E-state index contributed by atoms with van der Waals surface area (Å²) in [7, 11) is 0. The maximum atomic E-state index is 11.9. The van der Waals surface area contributed by atoms with E-state index in [4.69, 9.17) is 11.6 Å². The van der Waals surface area contributed by atoms with Crippen molar-refractivity contribution < 1.29 is 4.79 Å². The molecule has 1 heterocycles. The first-order chi connectivity index (χ1) is 11.6. The lowest BCUT2D eigenvalue weighted by Gasteiger charge is -2.04. The lowest BCUT2D eigenvalue weighted by molar-refractivity contribution is -0.119. The third-order valence-electron chi connectivity index (χ3n) is 3.28. The molecule has 5 nitrogen and oxygen atoms in total. The lowest BCUT2D eigenvalue weighted by atomic mass is 10.1. The largest absolute Gasteiger partial charge is 0.352 e. The second kappa shape index (κ2) is 7.42. The van der Waals surface area contributed by atoms with Gasteiger partial charge in [0, 0.05) is 5.02 Å². The van der Waals surface area contributed by atoms with Gasteiger partial charge < -0.3 is 5.32 Å². The van der Waals surface area contributed by atoms with Gasteiger partial charge in [-0.1, -0.05) is 47.2 Å². The Hall–Kier alpha value is -2.44. The SMILES string of the molecule is C/C(=N/NC(=O)CNc1nc2ccccc2s1)c1cccc(Cl)c1. The van der Waals surface area contributed by atoms with Crippen LogP contribution < -0.4 is 10.7 Å². The lowest BCUT2D eigenvalue weighted by Crippen LogP contribution is -2.26. The van der Waals surface area contributed by atoms with Gasteiger partial charge >= 0.3 is 0 Å². The molecule has 0 unspecified atom stereocenters. The highest BCUT2D eigenvalue weighted by atomic mass is 35.5. The number of nitrogens with zero attached hydrogens (tertiary/aromatic N) is 2. The zero-order valence-electron chi connectivity index (χ0n) is 12.9. The summed E-state index contributed by atoms with van der Waals surface area (Å²) >= 11 is 7.45. The zero-order valence-corrected chi connectivity index (χ0v) is 14.5. The minimum Gasteiger partial charge on any atom is -0.352 e. The molecule has 7 heteroatoms. The summed E-state index contributed by atoms with van der Waals surface area (Å²) in [6.45, 7) is 1.92. The van der Waals surface area contributed by atoms with Gasteiger partial charge in [0.25, 0.3) is 5.91 Å². The van der Waals surface area contributed by atoms with Gasteiger partial charge in [-0.15, -0.1) is 0 Å². The van der Waals surface area contributed by atoms with Crippen LogP contribution in [0.25, 0.3) is 10.2 Å². The first-order valence-corrected chi connectivity index (χ1v) is 8.50. The molecule has 0 fully saturated rings. The van der Waals surface area contributed by atoms with E-state index in [1.165, 1.54) is 11.3 Å². The number of fused-ring (bicyclic) bond motifs is 1. The summed E-state index contributed by atoms with van der Waals surface area (Å²) in [5, 5.41) is 8.44. The summed E-state index contributed by atoms with van der Waals surface area (Å²) < 4.78 is 1.08. The molecule has 2 N–H and O–H groups in total. The summed E-state index contributed by atoms with van der Waals surface area (Å²) in [5.41, 5.74) is 4.99. The molecule has 0 spiro atoms. The molecular formula is C17H15ClN4OS. The zero-order chi connectivity index (χ0) is 16.9. The number of nitrogens with one attached hydrogen (secondary N) is 2. The van der Waals surface area contributed by atoms with Crippen LogP contribution in [0.3, 0.4) is 0 Å². The molecule has 1 aromatic heterocycles. The Morgan fingerprint density at radius 2 is 2.08 bits per heavy atom. The minimum absolute atomic E-state index is 0.103. The maximum absolute atomic E-state index is 11.9. The molecule has 0 atom stereocenters. The second-order valence-electron chi connectivity index (χ2n) is 5.08. The molecule has 122 valence electrons. The van der Waals surface area contributed by atoms with Gasteiger partial charge in [0.15, 0.2) is 5.13 Å². The number of carbonyl (C=O) groups is 1. The summed E-state index contributed by atoms with van der Waals surface area (Å²) in [4.78, 5) is 16.3. The average Bonchev–Trinajstić information content (AvgIpc) is 3.00. The molecular weight excluding hydrogens is 344 g/mol. The van der Waals surface area contributed by atoms with E-state index >= 15 is 0 Å². The first kappa shape index (κ1) is 16.4. The monoisotopic (exact) mass is 358 g/mol. The number of carbonyl (C=O) groups excluding carboxylic acids is 1. The van der Waals surface area contributed by atoms with Crippen LogP contribution in [0.1, 0.15) is 12.5 Å². The summed E-state index contributed by atoms with van der Waals surface area (Å²) in [6.07, 6.45) is 0. The van der Waals surface area contributed by atoms with E-state index in [2.05, 4.69) is 20.8 Å². The van der Waals surface area contributed by atoms with E-state index in [0.29, 0.717) is 15.9 Å². The minimum atomic E-state index is -0.240. The van der Waals surface area contributed by atoms with Gasteiger partial charge in [-0.25, -0.2) is 10.4 Å². The van der Waals surface area contributed by atoms with Crippen LogP contribution in [-0.4, -0.2) is 23.1 Å². The van der Waals surface area contributed by atoms with E-state index in [-0.39, 0.29) is 12.5 Å². The topological polar surface area (TPSA) is 66.4 Å². The Bertz CT molecular complexity index is 873. The van der Waals surface area contributed by atoms with Crippen LogP contribution in [0.4, 0.5) is 5.13 Å². The molecule has 0 saturated carbocycles.